The number of methoxy groups -OCH3 is 1. The van der Waals surface area contributed by atoms with Gasteiger partial charge >= 0.3 is 0 Å². The summed E-state index contributed by atoms with van der Waals surface area (Å²) >= 11 is 1.59. The number of hydrogen-bond acceptors (Lipinski definition) is 7. The van der Waals surface area contributed by atoms with Crippen molar-refractivity contribution in [3.8, 4) is 5.82 Å². The highest BCUT2D eigenvalue weighted by Crippen LogP contribution is 2.20. The molecule has 0 saturated heterocycles. The van der Waals surface area contributed by atoms with E-state index in [1.165, 1.54) is 0 Å². The van der Waals surface area contributed by atoms with Gasteiger partial charge in [-0.25, -0.2) is 14.6 Å². The highest BCUT2D eigenvalue weighted by Gasteiger charge is 2.10. The predicted octanol–water partition coefficient (Wildman–Crippen LogP) is 3.06. The predicted molar refractivity (Wildman–Crippen MR) is 93.5 cm³/mol. The van der Waals surface area contributed by atoms with Crippen LogP contribution in [-0.4, -0.2) is 31.8 Å². The second kappa shape index (κ2) is 7.06. The summed E-state index contributed by atoms with van der Waals surface area (Å²) in [4.78, 5) is 13.3. The van der Waals surface area contributed by atoms with Crippen LogP contribution in [0.4, 0.5) is 5.95 Å². The SMILES string of the molecule is COC(C)c1nc(CNc2nccc(-n3nc(C)cc3C)n2)cs1. The Balaban J connectivity index is 1.71. The molecule has 0 aliphatic carbocycles. The molecule has 3 heterocycles. The van der Waals surface area contributed by atoms with Crippen molar-refractivity contribution < 1.29 is 4.74 Å². The first-order valence-electron chi connectivity index (χ1n) is 7.64. The van der Waals surface area contributed by atoms with Gasteiger partial charge in [-0.2, -0.15) is 10.1 Å². The Hall–Kier alpha value is -2.32. The van der Waals surface area contributed by atoms with Crippen LogP contribution in [0, 0.1) is 13.8 Å². The number of anilines is 1. The van der Waals surface area contributed by atoms with E-state index in [2.05, 4.69) is 25.4 Å². The van der Waals surface area contributed by atoms with Crippen molar-refractivity contribution in [2.45, 2.75) is 33.4 Å². The molecule has 3 rings (SSSR count). The van der Waals surface area contributed by atoms with E-state index >= 15 is 0 Å². The van der Waals surface area contributed by atoms with Crippen molar-refractivity contribution in [3.63, 3.8) is 0 Å². The lowest BCUT2D eigenvalue weighted by molar-refractivity contribution is 0.119. The summed E-state index contributed by atoms with van der Waals surface area (Å²) in [7, 11) is 1.68. The van der Waals surface area contributed by atoms with E-state index in [0.29, 0.717) is 12.5 Å². The van der Waals surface area contributed by atoms with E-state index in [-0.39, 0.29) is 6.10 Å². The van der Waals surface area contributed by atoms with Crippen molar-refractivity contribution in [1.82, 2.24) is 24.7 Å². The lowest BCUT2D eigenvalue weighted by Gasteiger charge is -2.07. The molecule has 0 aliphatic heterocycles. The largest absolute Gasteiger partial charge is 0.375 e. The zero-order valence-electron chi connectivity index (χ0n) is 14.1. The molecule has 126 valence electrons. The van der Waals surface area contributed by atoms with E-state index in [4.69, 9.17) is 4.74 Å². The number of thiazole rings is 1. The normalized spacial score (nSPS) is 12.3. The van der Waals surface area contributed by atoms with E-state index in [1.54, 1.807) is 24.6 Å². The maximum atomic E-state index is 5.28. The average molecular weight is 344 g/mol. The number of aromatic nitrogens is 5. The Morgan fingerprint density at radius 3 is 2.88 bits per heavy atom. The summed E-state index contributed by atoms with van der Waals surface area (Å²) in [5.41, 5.74) is 2.94. The summed E-state index contributed by atoms with van der Waals surface area (Å²) in [6, 6.07) is 3.86. The first-order valence-corrected chi connectivity index (χ1v) is 8.52. The minimum absolute atomic E-state index is 0.00866. The third-order valence-electron chi connectivity index (χ3n) is 3.57. The Morgan fingerprint density at radius 1 is 1.33 bits per heavy atom. The standard InChI is InChI=1S/C16H20N6OS/c1-10-7-11(2)22(21-10)14-5-6-17-16(20-14)18-8-13-9-24-15(19-13)12(3)23-4/h5-7,9,12H,8H2,1-4H3,(H,17,18,20). The fourth-order valence-corrected chi connectivity index (χ4v) is 3.12. The fourth-order valence-electron chi connectivity index (χ4n) is 2.27. The number of hydrogen-bond donors (Lipinski definition) is 1. The van der Waals surface area contributed by atoms with Crippen molar-refractivity contribution in [3.05, 3.63) is 45.8 Å². The van der Waals surface area contributed by atoms with E-state index in [0.717, 1.165) is 27.9 Å². The van der Waals surface area contributed by atoms with Gasteiger partial charge in [0, 0.05) is 30.4 Å². The van der Waals surface area contributed by atoms with Crippen LogP contribution in [0.3, 0.4) is 0 Å². The molecular weight excluding hydrogens is 324 g/mol. The molecule has 24 heavy (non-hydrogen) atoms. The third-order valence-corrected chi connectivity index (χ3v) is 4.62. The second-order valence-electron chi connectivity index (χ2n) is 5.49. The number of rotatable bonds is 6. The van der Waals surface area contributed by atoms with E-state index in [9.17, 15) is 0 Å². The highest BCUT2D eigenvalue weighted by atomic mass is 32.1. The summed E-state index contributed by atoms with van der Waals surface area (Å²) in [5.74, 6) is 1.29. The van der Waals surface area contributed by atoms with Crippen LogP contribution in [-0.2, 0) is 11.3 Å². The van der Waals surface area contributed by atoms with Gasteiger partial charge in [0.1, 0.15) is 11.1 Å². The minimum atomic E-state index is 0.00866. The highest BCUT2D eigenvalue weighted by molar-refractivity contribution is 7.09. The average Bonchev–Trinajstić information content (AvgIpc) is 3.19. The molecule has 0 spiro atoms. The quantitative estimate of drug-likeness (QED) is 0.740. The molecule has 1 unspecified atom stereocenters. The molecule has 1 N–H and O–H groups in total. The lowest BCUT2D eigenvalue weighted by atomic mass is 10.4. The number of nitrogens with zero attached hydrogens (tertiary/aromatic N) is 5. The van der Waals surface area contributed by atoms with Crippen LogP contribution >= 0.6 is 11.3 Å². The van der Waals surface area contributed by atoms with Gasteiger partial charge in [0.05, 0.1) is 17.9 Å². The van der Waals surface area contributed by atoms with Crippen molar-refractivity contribution in [2.24, 2.45) is 0 Å². The molecule has 8 heteroatoms. The van der Waals surface area contributed by atoms with Crippen LogP contribution in [0.2, 0.25) is 0 Å². The van der Waals surface area contributed by atoms with Crippen LogP contribution in [0.15, 0.2) is 23.7 Å². The molecule has 7 nitrogen and oxygen atoms in total. The van der Waals surface area contributed by atoms with Gasteiger partial charge in [-0.05, 0) is 26.8 Å². The molecule has 0 saturated carbocycles. The topological polar surface area (TPSA) is 77.8 Å². The first kappa shape index (κ1) is 16.5. The monoisotopic (exact) mass is 344 g/mol. The maximum Gasteiger partial charge on any atom is 0.224 e. The van der Waals surface area contributed by atoms with Crippen molar-refractivity contribution in [2.75, 3.05) is 12.4 Å². The van der Waals surface area contributed by atoms with Gasteiger partial charge in [0.15, 0.2) is 5.82 Å². The molecule has 0 fully saturated rings. The molecule has 0 aliphatic rings. The number of aryl methyl sites for hydroxylation is 2. The van der Waals surface area contributed by atoms with Gasteiger partial charge < -0.3 is 10.1 Å². The number of nitrogens with one attached hydrogen (secondary N) is 1. The molecular formula is C16H20N6OS. The van der Waals surface area contributed by atoms with Gasteiger partial charge in [0.2, 0.25) is 5.95 Å². The van der Waals surface area contributed by atoms with Crippen LogP contribution in [0.25, 0.3) is 5.82 Å². The smallest absolute Gasteiger partial charge is 0.224 e. The van der Waals surface area contributed by atoms with Crippen LogP contribution < -0.4 is 5.32 Å². The molecule has 0 aromatic carbocycles. The minimum Gasteiger partial charge on any atom is -0.375 e. The molecule has 0 radical (unpaired) electrons. The van der Waals surface area contributed by atoms with Gasteiger partial charge in [-0.15, -0.1) is 11.3 Å². The Bertz CT molecular complexity index is 828. The molecule has 1 atom stereocenters. The summed E-state index contributed by atoms with van der Waals surface area (Å²) in [6.07, 6.45) is 1.73. The molecule has 3 aromatic rings. The van der Waals surface area contributed by atoms with Gasteiger partial charge in [-0.1, -0.05) is 0 Å². The zero-order chi connectivity index (χ0) is 17.1. The van der Waals surface area contributed by atoms with Crippen molar-refractivity contribution >= 4 is 17.3 Å². The third kappa shape index (κ3) is 3.60. The molecule has 3 aromatic heterocycles. The molecule has 0 amide bonds. The Labute approximate surface area is 144 Å². The zero-order valence-corrected chi connectivity index (χ0v) is 15.0. The van der Waals surface area contributed by atoms with Crippen molar-refractivity contribution in [1.29, 1.82) is 0 Å². The number of ether oxygens (including phenoxy) is 1. The van der Waals surface area contributed by atoms with E-state index in [1.807, 2.05) is 43.0 Å². The summed E-state index contributed by atoms with van der Waals surface area (Å²) in [5, 5.41) is 10.6. The van der Waals surface area contributed by atoms with Crippen LogP contribution in [0.5, 0.6) is 0 Å². The summed E-state index contributed by atoms with van der Waals surface area (Å²) < 4.78 is 7.09. The van der Waals surface area contributed by atoms with Crippen LogP contribution in [0.1, 0.15) is 35.1 Å². The lowest BCUT2D eigenvalue weighted by Crippen LogP contribution is -2.08. The summed E-state index contributed by atoms with van der Waals surface area (Å²) in [6.45, 7) is 6.51. The Kier molecular flexibility index (Phi) is 4.86. The van der Waals surface area contributed by atoms with Gasteiger partial charge in [-0.3, -0.25) is 0 Å². The first-order chi connectivity index (χ1) is 11.6. The molecule has 0 bridgehead atoms. The van der Waals surface area contributed by atoms with Gasteiger partial charge in [0.25, 0.3) is 0 Å². The Morgan fingerprint density at radius 2 is 2.17 bits per heavy atom. The maximum absolute atomic E-state index is 5.28. The fraction of sp³-hybridized carbons (Fsp3) is 0.375. The van der Waals surface area contributed by atoms with E-state index < -0.39 is 0 Å². The second-order valence-corrected chi connectivity index (χ2v) is 6.38.